The predicted octanol–water partition coefficient (Wildman–Crippen LogP) is 3.71. The van der Waals surface area contributed by atoms with E-state index in [1.165, 1.54) is 0 Å². The average molecular weight is 363 g/mol. The number of hydrogen-bond donors (Lipinski definition) is 2. The van der Waals surface area contributed by atoms with Crippen LogP contribution in [0.25, 0.3) is 0 Å². The van der Waals surface area contributed by atoms with Gasteiger partial charge in [0.15, 0.2) is 5.96 Å². The third-order valence-electron chi connectivity index (χ3n) is 3.19. The fourth-order valence-electron chi connectivity index (χ4n) is 2.05. The summed E-state index contributed by atoms with van der Waals surface area (Å²) in [5, 5.41) is 6.00. The normalized spacial score (nSPS) is 12.6. The van der Waals surface area contributed by atoms with E-state index in [2.05, 4.69) is 15.6 Å². The molecule has 0 aliphatic rings. The lowest BCUT2D eigenvalue weighted by molar-refractivity contribution is -0.138. The number of rotatable bonds is 8. The molecule has 0 amide bonds. The van der Waals surface area contributed by atoms with Crippen LogP contribution in [0.2, 0.25) is 0 Å². The highest BCUT2D eigenvalue weighted by Gasteiger charge is 2.33. The first-order chi connectivity index (χ1) is 11.7. The van der Waals surface area contributed by atoms with Crippen LogP contribution >= 0.6 is 0 Å². The molecule has 4 nitrogen and oxygen atoms in total. The van der Waals surface area contributed by atoms with Crippen molar-refractivity contribution >= 4 is 5.96 Å². The highest BCUT2D eigenvalue weighted by molar-refractivity contribution is 5.79. The van der Waals surface area contributed by atoms with Gasteiger partial charge in [0.05, 0.1) is 18.2 Å². The molecule has 1 rings (SSSR count). The van der Waals surface area contributed by atoms with Gasteiger partial charge in [0.1, 0.15) is 5.82 Å². The number of halogens is 4. The Morgan fingerprint density at radius 1 is 1.24 bits per heavy atom. The summed E-state index contributed by atoms with van der Waals surface area (Å²) in [4.78, 5) is 4.15. The van der Waals surface area contributed by atoms with Crippen molar-refractivity contribution in [2.45, 2.75) is 46.0 Å². The van der Waals surface area contributed by atoms with Gasteiger partial charge in [-0.05, 0) is 44.9 Å². The molecule has 0 aromatic heterocycles. The molecule has 8 heteroatoms. The summed E-state index contributed by atoms with van der Waals surface area (Å²) >= 11 is 0. The number of guanidine groups is 1. The summed E-state index contributed by atoms with van der Waals surface area (Å²) in [5.41, 5.74) is -1.08. The summed E-state index contributed by atoms with van der Waals surface area (Å²) in [5.74, 6) is -0.514. The monoisotopic (exact) mass is 363 g/mol. The molecule has 0 aliphatic carbocycles. The quantitative estimate of drug-likeness (QED) is 0.320. The standard InChI is InChI=1S/C17H25F4N3O/c1-4-22-16(23-8-5-9-25-12(2)3)24-11-13-6-7-14(18)10-15(13)17(19,20)21/h6-7,10,12H,4-5,8-9,11H2,1-3H3,(H2,22,23,24). The first-order valence-electron chi connectivity index (χ1n) is 8.23. The van der Waals surface area contributed by atoms with Gasteiger partial charge in [-0.2, -0.15) is 13.2 Å². The number of nitrogens with one attached hydrogen (secondary N) is 2. The second kappa shape index (κ2) is 10.2. The predicted molar refractivity (Wildman–Crippen MR) is 89.9 cm³/mol. The fraction of sp³-hybridized carbons (Fsp3) is 0.588. The van der Waals surface area contributed by atoms with Crippen molar-refractivity contribution in [2.75, 3.05) is 19.7 Å². The minimum absolute atomic E-state index is 0.0748. The van der Waals surface area contributed by atoms with Gasteiger partial charge in [-0.25, -0.2) is 9.38 Å². The van der Waals surface area contributed by atoms with Gasteiger partial charge in [-0.15, -0.1) is 0 Å². The van der Waals surface area contributed by atoms with Crippen LogP contribution in [0.3, 0.4) is 0 Å². The van der Waals surface area contributed by atoms with E-state index < -0.39 is 17.6 Å². The zero-order valence-corrected chi connectivity index (χ0v) is 14.7. The number of nitrogens with zero attached hydrogens (tertiary/aromatic N) is 1. The Bertz CT molecular complexity index is 559. The van der Waals surface area contributed by atoms with Gasteiger partial charge >= 0.3 is 6.18 Å². The molecule has 2 N–H and O–H groups in total. The van der Waals surface area contributed by atoms with Crippen LogP contribution in [0, 0.1) is 5.82 Å². The minimum Gasteiger partial charge on any atom is -0.379 e. The number of alkyl halides is 3. The third-order valence-corrected chi connectivity index (χ3v) is 3.19. The van der Waals surface area contributed by atoms with E-state index in [1.54, 1.807) is 0 Å². The molecule has 1 aromatic rings. The molecule has 0 saturated carbocycles. The lowest BCUT2D eigenvalue weighted by atomic mass is 10.1. The van der Waals surface area contributed by atoms with Crippen molar-refractivity contribution in [1.82, 2.24) is 10.6 Å². The van der Waals surface area contributed by atoms with E-state index in [9.17, 15) is 17.6 Å². The average Bonchev–Trinajstić information content (AvgIpc) is 2.51. The van der Waals surface area contributed by atoms with Crippen LogP contribution in [0.15, 0.2) is 23.2 Å². The van der Waals surface area contributed by atoms with Crippen LogP contribution in [-0.4, -0.2) is 31.8 Å². The van der Waals surface area contributed by atoms with Crippen LogP contribution in [-0.2, 0) is 17.5 Å². The van der Waals surface area contributed by atoms with Crippen molar-refractivity contribution in [3.05, 3.63) is 35.1 Å². The maximum absolute atomic E-state index is 13.1. The second-order valence-corrected chi connectivity index (χ2v) is 5.69. The highest BCUT2D eigenvalue weighted by atomic mass is 19.4. The molecule has 0 fully saturated rings. The molecule has 0 radical (unpaired) electrons. The molecule has 0 heterocycles. The molecule has 1 aromatic carbocycles. The summed E-state index contributed by atoms with van der Waals surface area (Å²) in [6.07, 6.45) is -3.72. The molecule has 0 saturated heterocycles. The molecule has 0 spiro atoms. The lowest BCUT2D eigenvalue weighted by Crippen LogP contribution is -2.38. The Morgan fingerprint density at radius 2 is 1.96 bits per heavy atom. The Morgan fingerprint density at radius 3 is 2.56 bits per heavy atom. The molecule has 0 atom stereocenters. The SMILES string of the molecule is CCNC(=NCc1ccc(F)cc1C(F)(F)F)NCCCOC(C)C. The van der Waals surface area contributed by atoms with Gasteiger partial charge in [0.2, 0.25) is 0 Å². The lowest BCUT2D eigenvalue weighted by Gasteiger charge is -2.14. The maximum Gasteiger partial charge on any atom is 0.416 e. The fourth-order valence-corrected chi connectivity index (χ4v) is 2.05. The molecular formula is C17H25F4N3O. The van der Waals surface area contributed by atoms with E-state index >= 15 is 0 Å². The van der Waals surface area contributed by atoms with Crippen molar-refractivity contribution in [3.63, 3.8) is 0 Å². The van der Waals surface area contributed by atoms with Crippen molar-refractivity contribution in [1.29, 1.82) is 0 Å². The van der Waals surface area contributed by atoms with Crippen LogP contribution < -0.4 is 10.6 Å². The topological polar surface area (TPSA) is 45.7 Å². The van der Waals surface area contributed by atoms with Crippen LogP contribution in [0.1, 0.15) is 38.3 Å². The molecular weight excluding hydrogens is 338 g/mol. The van der Waals surface area contributed by atoms with E-state index in [-0.39, 0.29) is 18.2 Å². The minimum atomic E-state index is -4.62. The van der Waals surface area contributed by atoms with Crippen LogP contribution in [0.5, 0.6) is 0 Å². The summed E-state index contributed by atoms with van der Waals surface area (Å²) in [6.45, 7) is 7.28. The van der Waals surface area contributed by atoms with Gasteiger partial charge < -0.3 is 15.4 Å². The summed E-state index contributed by atoms with van der Waals surface area (Å²) in [7, 11) is 0. The summed E-state index contributed by atoms with van der Waals surface area (Å²) in [6, 6.07) is 2.61. The number of hydrogen-bond acceptors (Lipinski definition) is 2. The molecule has 0 aliphatic heterocycles. The van der Waals surface area contributed by atoms with Gasteiger partial charge in [-0.3, -0.25) is 0 Å². The van der Waals surface area contributed by atoms with Crippen LogP contribution in [0.4, 0.5) is 17.6 Å². The number of ether oxygens (including phenoxy) is 1. The third kappa shape index (κ3) is 8.20. The smallest absolute Gasteiger partial charge is 0.379 e. The maximum atomic E-state index is 13.1. The van der Waals surface area contributed by atoms with Crippen molar-refractivity contribution < 1.29 is 22.3 Å². The number of benzene rings is 1. The molecule has 25 heavy (non-hydrogen) atoms. The molecule has 142 valence electrons. The zero-order chi connectivity index (χ0) is 18.9. The van der Waals surface area contributed by atoms with E-state index in [0.29, 0.717) is 31.7 Å². The first-order valence-corrected chi connectivity index (χ1v) is 8.23. The highest BCUT2D eigenvalue weighted by Crippen LogP contribution is 2.32. The largest absolute Gasteiger partial charge is 0.416 e. The Labute approximate surface area is 145 Å². The number of aliphatic imine (C=N–C) groups is 1. The van der Waals surface area contributed by atoms with E-state index in [1.807, 2.05) is 20.8 Å². The Balaban J connectivity index is 2.71. The van der Waals surface area contributed by atoms with E-state index in [0.717, 1.165) is 18.6 Å². The Kier molecular flexibility index (Phi) is 8.68. The second-order valence-electron chi connectivity index (χ2n) is 5.69. The van der Waals surface area contributed by atoms with Crippen molar-refractivity contribution in [2.24, 2.45) is 4.99 Å². The first kappa shape index (κ1) is 21.2. The van der Waals surface area contributed by atoms with Crippen molar-refractivity contribution in [3.8, 4) is 0 Å². The Hall–Kier alpha value is -1.83. The van der Waals surface area contributed by atoms with Gasteiger partial charge in [-0.1, -0.05) is 6.07 Å². The molecule has 0 unspecified atom stereocenters. The van der Waals surface area contributed by atoms with Gasteiger partial charge in [0, 0.05) is 19.7 Å². The van der Waals surface area contributed by atoms with E-state index in [4.69, 9.17) is 4.74 Å². The molecule has 0 bridgehead atoms. The summed E-state index contributed by atoms with van der Waals surface area (Å²) < 4.78 is 57.5. The zero-order valence-electron chi connectivity index (χ0n) is 14.7. The van der Waals surface area contributed by atoms with Gasteiger partial charge in [0.25, 0.3) is 0 Å².